The number of aromatic nitrogens is 1. The van der Waals surface area contributed by atoms with Crippen molar-refractivity contribution < 1.29 is 9.90 Å². The van der Waals surface area contributed by atoms with E-state index in [0.717, 1.165) is 11.3 Å². The largest absolute Gasteiger partial charge is 0.506 e. The Balaban J connectivity index is 1.64. The molecule has 5 heteroatoms. The first-order valence-electron chi connectivity index (χ1n) is 8.34. The lowest BCUT2D eigenvalue weighted by molar-refractivity contribution is 0.0741. The molecule has 3 rings (SSSR count). The number of carbonyl (C=O) groups is 1. The molecule has 0 unspecified atom stereocenters. The Labute approximate surface area is 142 Å². The molecule has 0 bridgehead atoms. The Morgan fingerprint density at radius 1 is 1.08 bits per heavy atom. The quantitative estimate of drug-likeness (QED) is 0.943. The van der Waals surface area contributed by atoms with E-state index in [9.17, 15) is 9.90 Å². The molecule has 1 aliphatic heterocycles. The second kappa shape index (κ2) is 6.91. The molecule has 24 heavy (non-hydrogen) atoms. The lowest BCUT2D eigenvalue weighted by Gasteiger charge is -2.36. The summed E-state index contributed by atoms with van der Waals surface area (Å²) in [6.07, 6.45) is 1.79. The summed E-state index contributed by atoms with van der Waals surface area (Å²) in [5, 5.41) is 9.95. The van der Waals surface area contributed by atoms with Gasteiger partial charge in [0, 0.05) is 32.4 Å². The molecule has 0 atom stereocenters. The van der Waals surface area contributed by atoms with Gasteiger partial charge in [-0.05, 0) is 29.7 Å². The maximum Gasteiger partial charge on any atom is 0.272 e. The number of para-hydroxylation sites is 2. The molecule has 1 N–H and O–H groups in total. The van der Waals surface area contributed by atoms with E-state index in [4.69, 9.17) is 0 Å². The zero-order valence-corrected chi connectivity index (χ0v) is 14.1. The Kier molecular flexibility index (Phi) is 4.69. The molecule has 1 saturated heterocycles. The van der Waals surface area contributed by atoms with Crippen LogP contribution in [0.25, 0.3) is 0 Å². The van der Waals surface area contributed by atoms with Gasteiger partial charge in [-0.15, -0.1) is 0 Å². The maximum atomic E-state index is 12.6. The van der Waals surface area contributed by atoms with Gasteiger partial charge in [0.25, 0.3) is 5.91 Å². The smallest absolute Gasteiger partial charge is 0.272 e. The van der Waals surface area contributed by atoms with Crippen LogP contribution in [0.4, 0.5) is 5.69 Å². The second-order valence-electron chi connectivity index (χ2n) is 6.40. The third-order valence-electron chi connectivity index (χ3n) is 4.46. The summed E-state index contributed by atoms with van der Waals surface area (Å²) < 4.78 is 0. The fourth-order valence-electron chi connectivity index (χ4n) is 2.92. The van der Waals surface area contributed by atoms with Crippen molar-refractivity contribution in [2.45, 2.75) is 19.8 Å². The first-order chi connectivity index (χ1) is 11.6. The van der Waals surface area contributed by atoms with Gasteiger partial charge in [-0.1, -0.05) is 32.0 Å². The van der Waals surface area contributed by atoms with Gasteiger partial charge in [-0.2, -0.15) is 0 Å². The molecular weight excluding hydrogens is 302 g/mol. The van der Waals surface area contributed by atoms with Crippen LogP contribution in [0.5, 0.6) is 5.75 Å². The van der Waals surface area contributed by atoms with Crippen molar-refractivity contribution >= 4 is 11.6 Å². The summed E-state index contributed by atoms with van der Waals surface area (Å²) in [6, 6.07) is 11.1. The highest BCUT2D eigenvalue weighted by Gasteiger charge is 2.24. The third kappa shape index (κ3) is 3.35. The van der Waals surface area contributed by atoms with Crippen LogP contribution >= 0.6 is 0 Å². The molecule has 0 saturated carbocycles. The maximum absolute atomic E-state index is 12.6. The number of phenolic OH excluding ortho intramolecular Hbond substituents is 1. The molecule has 1 fully saturated rings. The van der Waals surface area contributed by atoms with Crippen LogP contribution in [-0.2, 0) is 0 Å². The number of amides is 1. The summed E-state index contributed by atoms with van der Waals surface area (Å²) in [5.74, 6) is 0.661. The van der Waals surface area contributed by atoms with E-state index in [2.05, 4.69) is 23.7 Å². The standard InChI is InChI=1S/C19H23N3O2/c1-14(2)15-7-8-16(20-13-15)19(24)22-11-9-21(10-12-22)17-5-3-4-6-18(17)23/h3-8,13-14,23H,9-12H2,1-2H3. The molecule has 1 aliphatic rings. The molecule has 0 radical (unpaired) electrons. The number of piperazine rings is 1. The van der Waals surface area contributed by atoms with Gasteiger partial charge in [-0.3, -0.25) is 9.78 Å². The van der Waals surface area contributed by atoms with E-state index in [1.54, 1.807) is 12.3 Å². The van der Waals surface area contributed by atoms with Gasteiger partial charge in [0.1, 0.15) is 11.4 Å². The fourth-order valence-corrected chi connectivity index (χ4v) is 2.92. The van der Waals surface area contributed by atoms with Gasteiger partial charge >= 0.3 is 0 Å². The molecule has 0 aliphatic carbocycles. The van der Waals surface area contributed by atoms with E-state index >= 15 is 0 Å². The number of rotatable bonds is 3. The van der Waals surface area contributed by atoms with Crippen LogP contribution in [0, 0.1) is 0 Å². The predicted octanol–water partition coefficient (Wildman–Crippen LogP) is 2.87. The molecule has 1 aromatic heterocycles. The molecule has 1 aromatic carbocycles. The van der Waals surface area contributed by atoms with Crippen molar-refractivity contribution in [3.05, 3.63) is 53.9 Å². The third-order valence-corrected chi connectivity index (χ3v) is 4.46. The average molecular weight is 325 g/mol. The summed E-state index contributed by atoms with van der Waals surface area (Å²) in [7, 11) is 0. The number of aromatic hydroxyl groups is 1. The van der Waals surface area contributed by atoms with Crippen molar-refractivity contribution in [2.75, 3.05) is 31.1 Å². The lowest BCUT2D eigenvalue weighted by Crippen LogP contribution is -2.49. The zero-order valence-electron chi connectivity index (χ0n) is 14.1. The summed E-state index contributed by atoms with van der Waals surface area (Å²) in [6.45, 7) is 6.87. The number of nitrogens with zero attached hydrogens (tertiary/aromatic N) is 3. The van der Waals surface area contributed by atoms with Gasteiger partial charge in [0.2, 0.25) is 0 Å². The van der Waals surface area contributed by atoms with Crippen LogP contribution in [0.1, 0.15) is 35.8 Å². The minimum absolute atomic E-state index is 0.0257. The van der Waals surface area contributed by atoms with E-state index in [-0.39, 0.29) is 11.7 Å². The first-order valence-corrected chi connectivity index (χ1v) is 8.34. The summed E-state index contributed by atoms with van der Waals surface area (Å²) in [4.78, 5) is 20.8. The number of anilines is 1. The highest BCUT2D eigenvalue weighted by Crippen LogP contribution is 2.27. The van der Waals surface area contributed by atoms with Crippen molar-refractivity contribution in [3.63, 3.8) is 0 Å². The molecule has 2 aromatic rings. The number of hydrogen-bond acceptors (Lipinski definition) is 4. The number of carbonyl (C=O) groups excluding carboxylic acids is 1. The van der Waals surface area contributed by atoms with Crippen LogP contribution in [0.2, 0.25) is 0 Å². The first kappa shape index (κ1) is 16.3. The normalized spacial score (nSPS) is 15.0. The lowest BCUT2D eigenvalue weighted by atomic mass is 10.1. The summed E-state index contributed by atoms with van der Waals surface area (Å²) >= 11 is 0. The molecule has 126 valence electrons. The van der Waals surface area contributed by atoms with E-state index in [0.29, 0.717) is 37.8 Å². The van der Waals surface area contributed by atoms with Gasteiger partial charge in [0.05, 0.1) is 5.69 Å². The Morgan fingerprint density at radius 2 is 1.79 bits per heavy atom. The second-order valence-corrected chi connectivity index (χ2v) is 6.40. The van der Waals surface area contributed by atoms with Crippen molar-refractivity contribution in [3.8, 4) is 5.75 Å². The molecule has 2 heterocycles. The van der Waals surface area contributed by atoms with Crippen LogP contribution in [0.3, 0.4) is 0 Å². The van der Waals surface area contributed by atoms with Gasteiger partial charge in [-0.25, -0.2) is 0 Å². The van der Waals surface area contributed by atoms with E-state index in [1.807, 2.05) is 35.2 Å². The van der Waals surface area contributed by atoms with Crippen molar-refractivity contribution in [1.29, 1.82) is 0 Å². The SMILES string of the molecule is CC(C)c1ccc(C(=O)N2CCN(c3ccccc3O)CC2)nc1. The van der Waals surface area contributed by atoms with Crippen LogP contribution in [-0.4, -0.2) is 47.1 Å². The number of benzene rings is 1. The average Bonchev–Trinajstić information content (AvgIpc) is 2.62. The number of pyridine rings is 1. The van der Waals surface area contributed by atoms with E-state index < -0.39 is 0 Å². The topological polar surface area (TPSA) is 56.7 Å². The number of phenols is 1. The zero-order chi connectivity index (χ0) is 17.1. The molecule has 5 nitrogen and oxygen atoms in total. The fraction of sp³-hybridized carbons (Fsp3) is 0.368. The van der Waals surface area contributed by atoms with Gasteiger partial charge in [0.15, 0.2) is 0 Å². The minimum Gasteiger partial charge on any atom is -0.506 e. The number of hydrogen-bond donors (Lipinski definition) is 1. The highest BCUT2D eigenvalue weighted by atomic mass is 16.3. The van der Waals surface area contributed by atoms with Crippen molar-refractivity contribution in [2.24, 2.45) is 0 Å². The van der Waals surface area contributed by atoms with Crippen LogP contribution in [0.15, 0.2) is 42.6 Å². The Hall–Kier alpha value is -2.56. The monoisotopic (exact) mass is 325 g/mol. The highest BCUT2D eigenvalue weighted by molar-refractivity contribution is 5.92. The Morgan fingerprint density at radius 3 is 2.38 bits per heavy atom. The summed E-state index contributed by atoms with van der Waals surface area (Å²) in [5.41, 5.74) is 2.45. The molecule has 1 amide bonds. The molecular formula is C19H23N3O2. The van der Waals surface area contributed by atoms with Crippen LogP contribution < -0.4 is 4.90 Å². The minimum atomic E-state index is -0.0257. The predicted molar refractivity (Wildman–Crippen MR) is 94.5 cm³/mol. The van der Waals surface area contributed by atoms with E-state index in [1.165, 1.54) is 0 Å². The Bertz CT molecular complexity index is 705. The van der Waals surface area contributed by atoms with Gasteiger partial charge < -0.3 is 14.9 Å². The molecule has 0 spiro atoms. The van der Waals surface area contributed by atoms with Crippen molar-refractivity contribution in [1.82, 2.24) is 9.88 Å².